The topological polar surface area (TPSA) is 52.0 Å². The van der Waals surface area contributed by atoms with Gasteiger partial charge in [0, 0.05) is 12.1 Å². The predicted octanol–water partition coefficient (Wildman–Crippen LogP) is 2.63. The zero-order chi connectivity index (χ0) is 13.3. The van der Waals surface area contributed by atoms with Gasteiger partial charge in [0.2, 0.25) is 0 Å². The van der Waals surface area contributed by atoms with Gasteiger partial charge in [-0.25, -0.2) is 0 Å². The van der Waals surface area contributed by atoms with Crippen molar-refractivity contribution in [1.29, 1.82) is 0 Å². The minimum Gasteiger partial charge on any atom is -0.326 e. The Morgan fingerprint density at radius 1 is 1.00 bits per heavy atom. The first-order valence-electron chi connectivity index (χ1n) is 6.07. The van der Waals surface area contributed by atoms with Crippen molar-refractivity contribution >= 4 is 0 Å². The fourth-order valence-corrected chi connectivity index (χ4v) is 2.62. The quantitative estimate of drug-likeness (QED) is 0.813. The maximum Gasteiger partial charge on any atom is 0.416 e. The monoisotopic (exact) mass is 258 g/mol. The maximum absolute atomic E-state index is 12.9. The van der Waals surface area contributed by atoms with Gasteiger partial charge >= 0.3 is 6.18 Å². The van der Waals surface area contributed by atoms with Crippen LogP contribution in [0.25, 0.3) is 0 Å². The molecular weight excluding hydrogens is 241 g/mol. The van der Waals surface area contributed by atoms with Gasteiger partial charge in [-0.2, -0.15) is 13.2 Å². The predicted molar refractivity (Wildman–Crippen MR) is 64.0 cm³/mol. The molecule has 0 spiro atoms. The molecule has 1 aromatic rings. The fourth-order valence-electron chi connectivity index (χ4n) is 2.62. The Morgan fingerprint density at radius 2 is 1.67 bits per heavy atom. The molecule has 2 nitrogen and oxygen atoms in total. The molecule has 3 atom stereocenters. The van der Waals surface area contributed by atoms with Gasteiger partial charge in [-0.3, -0.25) is 0 Å². The number of nitrogens with two attached hydrogens (primary N) is 2. The van der Waals surface area contributed by atoms with E-state index in [4.69, 9.17) is 11.5 Å². The second-order valence-electron chi connectivity index (χ2n) is 4.92. The van der Waals surface area contributed by atoms with Gasteiger partial charge in [-0.05, 0) is 36.8 Å². The molecule has 1 aliphatic rings. The van der Waals surface area contributed by atoms with E-state index in [1.807, 2.05) is 0 Å². The molecule has 0 heterocycles. The van der Waals surface area contributed by atoms with Crippen LogP contribution in [-0.2, 0) is 6.18 Å². The average molecular weight is 258 g/mol. The number of halogens is 3. The van der Waals surface area contributed by atoms with E-state index in [1.54, 1.807) is 12.1 Å². The van der Waals surface area contributed by atoms with Crippen LogP contribution in [0.4, 0.5) is 13.2 Å². The van der Waals surface area contributed by atoms with Gasteiger partial charge in [-0.15, -0.1) is 0 Å². The summed E-state index contributed by atoms with van der Waals surface area (Å²) in [5.74, 6) is -0.141. The third kappa shape index (κ3) is 2.67. The second-order valence-corrected chi connectivity index (χ2v) is 4.92. The van der Waals surface area contributed by atoms with E-state index in [9.17, 15) is 13.2 Å². The van der Waals surface area contributed by atoms with Crippen molar-refractivity contribution in [3.63, 3.8) is 0 Å². The van der Waals surface area contributed by atoms with E-state index in [2.05, 4.69) is 0 Å². The Kier molecular flexibility index (Phi) is 3.64. The molecule has 5 heteroatoms. The molecule has 2 rings (SSSR count). The largest absolute Gasteiger partial charge is 0.416 e. The van der Waals surface area contributed by atoms with Crippen LogP contribution in [-0.4, -0.2) is 12.1 Å². The first-order valence-corrected chi connectivity index (χ1v) is 6.07. The first kappa shape index (κ1) is 13.4. The molecule has 4 N–H and O–H groups in total. The number of hydrogen-bond acceptors (Lipinski definition) is 2. The Hall–Kier alpha value is -1.07. The smallest absolute Gasteiger partial charge is 0.326 e. The van der Waals surface area contributed by atoms with Gasteiger partial charge < -0.3 is 11.5 Å². The normalized spacial score (nSPS) is 29.3. The zero-order valence-corrected chi connectivity index (χ0v) is 9.95. The third-order valence-electron chi connectivity index (χ3n) is 3.66. The molecule has 1 unspecified atom stereocenters. The van der Waals surface area contributed by atoms with Crippen LogP contribution in [0.1, 0.15) is 36.3 Å². The minimum absolute atomic E-state index is 0.0979. The summed E-state index contributed by atoms with van der Waals surface area (Å²) in [5.41, 5.74) is 11.5. The highest BCUT2D eigenvalue weighted by molar-refractivity contribution is 5.33. The van der Waals surface area contributed by atoms with Crippen LogP contribution in [0.2, 0.25) is 0 Å². The van der Waals surface area contributed by atoms with Crippen LogP contribution in [0, 0.1) is 0 Å². The Bertz CT molecular complexity index is 417. The van der Waals surface area contributed by atoms with Crippen molar-refractivity contribution in [3.8, 4) is 0 Å². The highest BCUT2D eigenvalue weighted by atomic mass is 19.4. The molecule has 0 radical (unpaired) electrons. The molecule has 1 fully saturated rings. The standard InChI is InChI=1S/C13H17F3N2/c14-13(15,16)10-4-2-1-3-9(10)8-5-6-11(17)12(18)7-8/h1-4,8,11-12H,5-7,17-18H2/t8-,11?,12-/m0/s1. The zero-order valence-electron chi connectivity index (χ0n) is 9.95. The molecule has 0 bridgehead atoms. The van der Waals surface area contributed by atoms with Crippen molar-refractivity contribution in [1.82, 2.24) is 0 Å². The van der Waals surface area contributed by atoms with Gasteiger partial charge in [0.1, 0.15) is 0 Å². The maximum atomic E-state index is 12.9. The first-order chi connectivity index (χ1) is 8.39. The molecule has 0 saturated heterocycles. The molecule has 18 heavy (non-hydrogen) atoms. The molecular formula is C13H17F3N2. The Balaban J connectivity index is 2.29. The molecule has 1 aromatic carbocycles. The van der Waals surface area contributed by atoms with E-state index in [0.29, 0.717) is 24.8 Å². The van der Waals surface area contributed by atoms with Gasteiger partial charge in [0.05, 0.1) is 5.56 Å². The van der Waals surface area contributed by atoms with E-state index in [-0.39, 0.29) is 18.0 Å². The summed E-state index contributed by atoms with van der Waals surface area (Å²) in [6.45, 7) is 0. The second kappa shape index (κ2) is 4.90. The summed E-state index contributed by atoms with van der Waals surface area (Å²) >= 11 is 0. The lowest BCUT2D eigenvalue weighted by molar-refractivity contribution is -0.138. The van der Waals surface area contributed by atoms with Crippen molar-refractivity contribution < 1.29 is 13.2 Å². The van der Waals surface area contributed by atoms with Crippen LogP contribution in [0.5, 0.6) is 0 Å². The lowest BCUT2D eigenvalue weighted by Crippen LogP contribution is -2.45. The van der Waals surface area contributed by atoms with Gasteiger partial charge in [-0.1, -0.05) is 18.2 Å². The number of alkyl halides is 3. The number of rotatable bonds is 1. The number of hydrogen-bond donors (Lipinski definition) is 2. The van der Waals surface area contributed by atoms with Crippen molar-refractivity contribution in [3.05, 3.63) is 35.4 Å². The van der Waals surface area contributed by atoms with Crippen LogP contribution >= 0.6 is 0 Å². The van der Waals surface area contributed by atoms with E-state index >= 15 is 0 Å². The van der Waals surface area contributed by atoms with Crippen LogP contribution in [0.3, 0.4) is 0 Å². The van der Waals surface area contributed by atoms with E-state index in [0.717, 1.165) is 6.07 Å². The summed E-state index contributed by atoms with van der Waals surface area (Å²) in [5, 5.41) is 0. The van der Waals surface area contributed by atoms with Crippen LogP contribution in [0.15, 0.2) is 24.3 Å². The van der Waals surface area contributed by atoms with Crippen molar-refractivity contribution in [2.45, 2.75) is 43.4 Å². The van der Waals surface area contributed by atoms with Crippen LogP contribution < -0.4 is 11.5 Å². The summed E-state index contributed by atoms with van der Waals surface area (Å²) in [6.07, 6.45) is -2.44. The molecule has 0 aromatic heterocycles. The lowest BCUT2D eigenvalue weighted by atomic mass is 9.78. The van der Waals surface area contributed by atoms with E-state index in [1.165, 1.54) is 6.07 Å². The lowest BCUT2D eigenvalue weighted by Gasteiger charge is -2.33. The highest BCUT2D eigenvalue weighted by Gasteiger charge is 2.36. The molecule has 100 valence electrons. The fraction of sp³-hybridized carbons (Fsp3) is 0.538. The Labute approximate surface area is 104 Å². The van der Waals surface area contributed by atoms with Crippen molar-refractivity contribution in [2.24, 2.45) is 11.5 Å². The van der Waals surface area contributed by atoms with Gasteiger partial charge in [0.15, 0.2) is 0 Å². The van der Waals surface area contributed by atoms with Crippen molar-refractivity contribution in [2.75, 3.05) is 0 Å². The number of benzene rings is 1. The summed E-state index contributed by atoms with van der Waals surface area (Å²) in [7, 11) is 0. The summed E-state index contributed by atoms with van der Waals surface area (Å²) in [6, 6.07) is 5.43. The highest BCUT2D eigenvalue weighted by Crippen LogP contribution is 2.39. The summed E-state index contributed by atoms with van der Waals surface area (Å²) in [4.78, 5) is 0. The third-order valence-corrected chi connectivity index (χ3v) is 3.66. The Morgan fingerprint density at radius 3 is 2.28 bits per heavy atom. The molecule has 0 aliphatic heterocycles. The summed E-state index contributed by atoms with van der Waals surface area (Å²) < 4.78 is 38.8. The molecule has 1 aliphatic carbocycles. The SMILES string of the molecule is NC1CC[C@H](c2ccccc2C(F)(F)F)C[C@@H]1N. The molecule has 0 amide bonds. The average Bonchev–Trinajstić information content (AvgIpc) is 2.32. The minimum atomic E-state index is -4.31. The van der Waals surface area contributed by atoms with E-state index < -0.39 is 11.7 Å². The molecule has 1 saturated carbocycles. The van der Waals surface area contributed by atoms with Gasteiger partial charge in [0.25, 0.3) is 0 Å².